The Morgan fingerprint density at radius 1 is 1.00 bits per heavy atom. The van der Waals surface area contributed by atoms with E-state index in [1.54, 1.807) is 0 Å². The normalized spacial score (nSPS) is 43.2. The molecule has 3 fully saturated rings. The monoisotopic (exact) mass is 278 g/mol. The van der Waals surface area contributed by atoms with Gasteiger partial charge in [-0.15, -0.1) is 0 Å². The van der Waals surface area contributed by atoms with E-state index < -0.39 is 0 Å². The molecule has 20 heavy (non-hydrogen) atoms. The van der Waals surface area contributed by atoms with Crippen molar-refractivity contribution in [1.29, 1.82) is 0 Å². The molecule has 2 saturated carbocycles. The van der Waals surface area contributed by atoms with Crippen LogP contribution >= 0.6 is 0 Å². The Morgan fingerprint density at radius 3 is 2.65 bits per heavy atom. The summed E-state index contributed by atoms with van der Waals surface area (Å²) in [6.07, 6.45) is 14.2. The number of hydrogen-bond donors (Lipinski definition) is 1. The predicted octanol–water partition coefficient (Wildman–Crippen LogP) is 3.79. The first-order chi connectivity index (χ1) is 9.78. The second kappa shape index (κ2) is 6.79. The van der Waals surface area contributed by atoms with Gasteiger partial charge in [-0.1, -0.05) is 26.2 Å². The first-order valence-corrected chi connectivity index (χ1v) is 9.27. The van der Waals surface area contributed by atoms with Crippen molar-refractivity contribution in [2.24, 2.45) is 23.5 Å². The quantitative estimate of drug-likeness (QED) is 0.851. The van der Waals surface area contributed by atoms with E-state index in [1.165, 1.54) is 77.3 Å². The van der Waals surface area contributed by atoms with Crippen LogP contribution in [0, 0.1) is 17.8 Å². The van der Waals surface area contributed by atoms with Crippen molar-refractivity contribution >= 4 is 0 Å². The smallest absolute Gasteiger partial charge is 0.0124 e. The molecule has 0 spiro atoms. The minimum absolute atomic E-state index is 0.474. The van der Waals surface area contributed by atoms with Crippen LogP contribution in [0.15, 0.2) is 0 Å². The van der Waals surface area contributed by atoms with Crippen molar-refractivity contribution in [3.63, 3.8) is 0 Å². The highest BCUT2D eigenvalue weighted by Crippen LogP contribution is 2.37. The Balaban J connectivity index is 1.60. The van der Waals surface area contributed by atoms with Gasteiger partial charge in [0.1, 0.15) is 0 Å². The van der Waals surface area contributed by atoms with Gasteiger partial charge in [0.05, 0.1) is 0 Å². The topological polar surface area (TPSA) is 29.3 Å². The van der Waals surface area contributed by atoms with Crippen LogP contribution in [0.2, 0.25) is 0 Å². The molecule has 0 aromatic heterocycles. The van der Waals surface area contributed by atoms with Crippen LogP contribution < -0.4 is 5.73 Å². The van der Waals surface area contributed by atoms with Crippen molar-refractivity contribution in [3.05, 3.63) is 0 Å². The maximum atomic E-state index is 6.45. The Kier molecular flexibility index (Phi) is 5.04. The van der Waals surface area contributed by atoms with E-state index in [-0.39, 0.29) is 0 Å². The van der Waals surface area contributed by atoms with Gasteiger partial charge in [0.15, 0.2) is 0 Å². The summed E-state index contributed by atoms with van der Waals surface area (Å²) in [5.74, 6) is 2.74. The predicted molar refractivity (Wildman–Crippen MR) is 85.7 cm³/mol. The molecule has 0 radical (unpaired) electrons. The summed E-state index contributed by atoms with van der Waals surface area (Å²) >= 11 is 0. The summed E-state index contributed by atoms with van der Waals surface area (Å²) < 4.78 is 0. The van der Waals surface area contributed by atoms with Gasteiger partial charge in [0.2, 0.25) is 0 Å². The minimum Gasteiger partial charge on any atom is -0.327 e. The van der Waals surface area contributed by atoms with Gasteiger partial charge in [0, 0.05) is 18.6 Å². The summed E-state index contributed by atoms with van der Waals surface area (Å²) in [5, 5.41) is 0. The lowest BCUT2D eigenvalue weighted by atomic mass is 9.75. The minimum atomic E-state index is 0.474. The van der Waals surface area contributed by atoms with Gasteiger partial charge in [-0.2, -0.15) is 0 Å². The molecule has 3 rings (SSSR count). The fourth-order valence-electron chi connectivity index (χ4n) is 5.22. The second-order valence-corrected chi connectivity index (χ2v) is 7.76. The lowest BCUT2D eigenvalue weighted by Gasteiger charge is -2.47. The molecular weight excluding hydrogens is 244 g/mol. The van der Waals surface area contributed by atoms with Gasteiger partial charge in [-0.05, 0) is 69.2 Å². The highest BCUT2D eigenvalue weighted by Gasteiger charge is 2.36. The number of hydrogen-bond acceptors (Lipinski definition) is 2. The third kappa shape index (κ3) is 3.22. The molecule has 2 N–H and O–H groups in total. The molecule has 2 aliphatic carbocycles. The highest BCUT2D eigenvalue weighted by atomic mass is 15.2. The van der Waals surface area contributed by atoms with E-state index >= 15 is 0 Å². The number of piperidine rings is 1. The molecule has 0 aromatic rings. The molecule has 2 nitrogen and oxygen atoms in total. The van der Waals surface area contributed by atoms with Crippen molar-refractivity contribution in [2.45, 2.75) is 83.2 Å². The molecule has 1 aliphatic heterocycles. The van der Waals surface area contributed by atoms with E-state index in [2.05, 4.69) is 11.8 Å². The van der Waals surface area contributed by atoms with E-state index in [0.29, 0.717) is 6.04 Å². The maximum Gasteiger partial charge on any atom is 0.0124 e. The molecule has 1 saturated heterocycles. The third-order valence-electron chi connectivity index (χ3n) is 6.55. The first-order valence-electron chi connectivity index (χ1n) is 9.27. The van der Waals surface area contributed by atoms with Gasteiger partial charge in [0.25, 0.3) is 0 Å². The second-order valence-electron chi connectivity index (χ2n) is 7.76. The highest BCUT2D eigenvalue weighted by molar-refractivity contribution is 4.91. The standard InChI is InChI=1S/C18H34N2/c1-2-14-9-10-17(19)16(12-14)13-20-11-5-7-15-6-3-4-8-18(15)20/h14-18H,2-13,19H2,1H3. The van der Waals surface area contributed by atoms with E-state index in [1.807, 2.05) is 0 Å². The summed E-state index contributed by atoms with van der Waals surface area (Å²) in [6, 6.07) is 1.38. The summed E-state index contributed by atoms with van der Waals surface area (Å²) in [6.45, 7) is 5.01. The first kappa shape index (κ1) is 14.8. The van der Waals surface area contributed by atoms with E-state index in [4.69, 9.17) is 5.73 Å². The Bertz CT molecular complexity index is 302. The Hall–Kier alpha value is -0.0800. The zero-order valence-corrected chi connectivity index (χ0v) is 13.4. The van der Waals surface area contributed by atoms with Crippen LogP contribution in [0.25, 0.3) is 0 Å². The zero-order chi connectivity index (χ0) is 13.9. The molecular formula is C18H34N2. The van der Waals surface area contributed by atoms with Crippen molar-refractivity contribution < 1.29 is 0 Å². The van der Waals surface area contributed by atoms with Crippen LogP contribution in [-0.2, 0) is 0 Å². The Morgan fingerprint density at radius 2 is 1.80 bits per heavy atom. The molecule has 1 heterocycles. The fraction of sp³-hybridized carbons (Fsp3) is 1.00. The Labute approximate surface area is 125 Å². The van der Waals surface area contributed by atoms with Gasteiger partial charge >= 0.3 is 0 Å². The summed E-state index contributed by atoms with van der Waals surface area (Å²) in [5.41, 5.74) is 6.45. The number of nitrogens with zero attached hydrogens (tertiary/aromatic N) is 1. The SMILES string of the molecule is CCC1CCC(N)C(CN2CCCC3CCCCC32)C1. The van der Waals surface area contributed by atoms with Crippen LogP contribution in [0.3, 0.4) is 0 Å². The number of fused-ring (bicyclic) bond motifs is 1. The lowest BCUT2D eigenvalue weighted by molar-refractivity contribution is 0.0347. The third-order valence-corrected chi connectivity index (χ3v) is 6.55. The van der Waals surface area contributed by atoms with Crippen molar-refractivity contribution in [3.8, 4) is 0 Å². The van der Waals surface area contributed by atoms with E-state index in [0.717, 1.165) is 23.8 Å². The zero-order valence-electron chi connectivity index (χ0n) is 13.4. The number of likely N-dealkylation sites (tertiary alicyclic amines) is 1. The van der Waals surface area contributed by atoms with Crippen LogP contribution in [-0.4, -0.2) is 30.1 Å². The fourth-order valence-corrected chi connectivity index (χ4v) is 5.22. The molecule has 116 valence electrons. The molecule has 0 amide bonds. The average molecular weight is 278 g/mol. The maximum absolute atomic E-state index is 6.45. The molecule has 5 atom stereocenters. The average Bonchev–Trinajstić information content (AvgIpc) is 2.50. The van der Waals surface area contributed by atoms with Crippen LogP contribution in [0.4, 0.5) is 0 Å². The van der Waals surface area contributed by atoms with Gasteiger partial charge in [-0.25, -0.2) is 0 Å². The summed E-state index contributed by atoms with van der Waals surface area (Å²) in [7, 11) is 0. The van der Waals surface area contributed by atoms with Crippen LogP contribution in [0.5, 0.6) is 0 Å². The largest absolute Gasteiger partial charge is 0.327 e. The lowest BCUT2D eigenvalue weighted by Crippen LogP contribution is -2.51. The van der Waals surface area contributed by atoms with Crippen molar-refractivity contribution in [1.82, 2.24) is 4.90 Å². The number of nitrogens with two attached hydrogens (primary N) is 1. The number of rotatable bonds is 3. The van der Waals surface area contributed by atoms with E-state index in [9.17, 15) is 0 Å². The van der Waals surface area contributed by atoms with Gasteiger partial charge < -0.3 is 5.73 Å². The molecule has 0 bridgehead atoms. The molecule has 3 aliphatic rings. The summed E-state index contributed by atoms with van der Waals surface area (Å²) in [4.78, 5) is 2.86. The molecule has 0 aromatic carbocycles. The molecule has 2 heteroatoms. The molecule has 5 unspecified atom stereocenters. The van der Waals surface area contributed by atoms with Crippen molar-refractivity contribution in [2.75, 3.05) is 13.1 Å². The van der Waals surface area contributed by atoms with Gasteiger partial charge in [-0.3, -0.25) is 4.90 Å². The van der Waals surface area contributed by atoms with Crippen LogP contribution in [0.1, 0.15) is 71.1 Å².